The van der Waals surface area contributed by atoms with Crippen molar-refractivity contribution in [3.63, 3.8) is 0 Å². The number of ether oxygens (including phenoxy) is 1. The highest BCUT2D eigenvalue weighted by Gasteiger charge is 2.48. The molecule has 2 aromatic rings. The largest absolute Gasteiger partial charge is 0.530 e. The number of piperidine rings is 3. The summed E-state index contributed by atoms with van der Waals surface area (Å²) in [5.41, 5.74) is 5.75. The van der Waals surface area contributed by atoms with Gasteiger partial charge in [0.15, 0.2) is 0 Å². The van der Waals surface area contributed by atoms with E-state index in [-0.39, 0.29) is 23.6 Å². The molecule has 0 unspecified atom stereocenters. The molecule has 5 nitrogen and oxygen atoms in total. The summed E-state index contributed by atoms with van der Waals surface area (Å²) in [4.78, 5) is 16.7. The maximum atomic E-state index is 12.6. The number of hydrogen-bond donors (Lipinski definition) is 0. The maximum Gasteiger partial charge on any atom is 0.137 e. The van der Waals surface area contributed by atoms with Gasteiger partial charge in [0.2, 0.25) is 0 Å². The number of fused-ring (bicyclic) bond motifs is 4. The highest BCUT2D eigenvalue weighted by atomic mass is 16.5. The summed E-state index contributed by atoms with van der Waals surface area (Å²) in [5, 5.41) is 12.6. The number of nitrogens with zero attached hydrogens (tertiary/aromatic N) is 2. The minimum Gasteiger partial charge on any atom is -0.530 e. The van der Waals surface area contributed by atoms with Crippen molar-refractivity contribution in [3.8, 4) is 16.9 Å². The Morgan fingerprint density at radius 1 is 1.15 bits per heavy atom. The van der Waals surface area contributed by atoms with Gasteiger partial charge < -0.3 is 24.4 Å². The van der Waals surface area contributed by atoms with Crippen LogP contribution in [0.1, 0.15) is 63.3 Å². The Labute approximate surface area is 203 Å². The van der Waals surface area contributed by atoms with Crippen LogP contribution in [0.3, 0.4) is 0 Å². The zero-order chi connectivity index (χ0) is 24.2. The van der Waals surface area contributed by atoms with Crippen LogP contribution >= 0.6 is 0 Å². The second-order valence-electron chi connectivity index (χ2n) is 11.5. The van der Waals surface area contributed by atoms with Gasteiger partial charge in [-0.05, 0) is 104 Å². The third-order valence-electron chi connectivity index (χ3n) is 8.17. The summed E-state index contributed by atoms with van der Waals surface area (Å²) in [6.45, 7) is 13.6. The van der Waals surface area contributed by atoms with Crippen LogP contribution < -0.4 is 9.84 Å². The van der Waals surface area contributed by atoms with E-state index < -0.39 is 6.09 Å². The normalized spacial score (nSPS) is 27.0. The van der Waals surface area contributed by atoms with Gasteiger partial charge >= 0.3 is 0 Å². The van der Waals surface area contributed by atoms with Crippen LogP contribution in [0.25, 0.3) is 11.1 Å². The van der Waals surface area contributed by atoms with Gasteiger partial charge in [-0.25, -0.2) is 0 Å². The Hall–Kier alpha value is -2.53. The number of hydrogen-bond acceptors (Lipinski definition) is 4. The molecule has 3 saturated heterocycles. The Morgan fingerprint density at radius 3 is 2.47 bits per heavy atom. The molecular weight excluding hydrogens is 424 g/mol. The van der Waals surface area contributed by atoms with Gasteiger partial charge in [0.05, 0.1) is 12.1 Å². The monoisotopic (exact) mass is 461 g/mol. The molecule has 3 fully saturated rings. The van der Waals surface area contributed by atoms with Crippen molar-refractivity contribution in [3.05, 3.63) is 53.1 Å². The lowest BCUT2D eigenvalue weighted by molar-refractivity contribution is -0.276. The van der Waals surface area contributed by atoms with Crippen LogP contribution in [0, 0.1) is 18.3 Å². The molecule has 2 bridgehead atoms. The van der Waals surface area contributed by atoms with Crippen LogP contribution in [0.4, 0.5) is 4.79 Å². The summed E-state index contributed by atoms with van der Waals surface area (Å²) < 4.78 is 5.86. The number of amides is 1. The van der Waals surface area contributed by atoms with Gasteiger partial charge in [-0.2, -0.15) is 0 Å². The second kappa shape index (κ2) is 8.60. The average molecular weight is 462 g/mol. The van der Waals surface area contributed by atoms with E-state index in [1.807, 2.05) is 19.9 Å². The second-order valence-corrected chi connectivity index (χ2v) is 11.5. The lowest BCUT2D eigenvalue weighted by atomic mass is 9.79. The van der Waals surface area contributed by atoms with Crippen molar-refractivity contribution in [2.24, 2.45) is 11.3 Å². The minimum absolute atomic E-state index is 0.0261. The van der Waals surface area contributed by atoms with Gasteiger partial charge in [-0.15, -0.1) is 0 Å². The molecule has 34 heavy (non-hydrogen) atoms. The molecule has 1 aliphatic carbocycles. The van der Waals surface area contributed by atoms with Crippen molar-refractivity contribution in [2.45, 2.75) is 72.1 Å². The van der Waals surface area contributed by atoms with E-state index in [2.05, 4.69) is 56.0 Å². The Balaban J connectivity index is 1.49. The first-order valence-electron chi connectivity index (χ1n) is 12.8. The lowest BCUT2D eigenvalue weighted by Crippen LogP contribution is -2.62. The number of aryl methyl sites for hydroxylation is 1. The molecule has 182 valence electrons. The predicted octanol–water partition coefficient (Wildman–Crippen LogP) is 4.81. The molecule has 0 N–H and O–H groups in total. The SMILES string of the molecule is Cc1cc(OC(C)C)ccc1-c1ccc2c(c1)CC(C)(C)[C@H]2N(C(=O)[O-])[C@@H]1CN2CCC1CC2. The minimum atomic E-state index is -1.02. The smallest absolute Gasteiger partial charge is 0.137 e. The number of benzene rings is 2. The third-order valence-corrected chi connectivity index (χ3v) is 8.17. The summed E-state index contributed by atoms with van der Waals surface area (Å²) in [7, 11) is 0. The highest BCUT2D eigenvalue weighted by Crippen LogP contribution is 2.51. The van der Waals surface area contributed by atoms with Gasteiger partial charge in [0.25, 0.3) is 0 Å². The number of carbonyl (C=O) groups excluding carboxylic acids is 1. The fourth-order valence-electron chi connectivity index (χ4n) is 6.71. The number of carboxylic acid groups (broad SMARTS) is 1. The van der Waals surface area contributed by atoms with Gasteiger partial charge in [-0.1, -0.05) is 38.1 Å². The van der Waals surface area contributed by atoms with Crippen LogP contribution in [0.2, 0.25) is 0 Å². The Bertz CT molecular complexity index is 1080. The summed E-state index contributed by atoms with van der Waals surface area (Å²) in [6, 6.07) is 12.7. The van der Waals surface area contributed by atoms with Crippen molar-refractivity contribution in [2.75, 3.05) is 19.6 Å². The van der Waals surface area contributed by atoms with Crippen LogP contribution in [-0.2, 0) is 6.42 Å². The van der Waals surface area contributed by atoms with Crippen molar-refractivity contribution in [1.29, 1.82) is 0 Å². The van der Waals surface area contributed by atoms with E-state index in [1.54, 1.807) is 4.90 Å². The molecular formula is C29H37N2O3-. The van der Waals surface area contributed by atoms with E-state index >= 15 is 0 Å². The molecule has 2 aromatic carbocycles. The topological polar surface area (TPSA) is 55.8 Å². The molecule has 1 amide bonds. The quantitative estimate of drug-likeness (QED) is 0.641. The Morgan fingerprint density at radius 2 is 1.88 bits per heavy atom. The average Bonchev–Trinajstić information content (AvgIpc) is 3.03. The molecule has 0 radical (unpaired) electrons. The molecule has 6 rings (SSSR count). The van der Waals surface area contributed by atoms with E-state index in [0.29, 0.717) is 5.92 Å². The summed E-state index contributed by atoms with van der Waals surface area (Å²) in [5.74, 6) is 1.33. The van der Waals surface area contributed by atoms with Gasteiger partial charge in [-0.3, -0.25) is 0 Å². The molecule has 4 aliphatic rings. The molecule has 5 heteroatoms. The third kappa shape index (κ3) is 4.08. The van der Waals surface area contributed by atoms with E-state index in [4.69, 9.17) is 4.74 Å². The number of rotatable bonds is 5. The number of carbonyl (C=O) groups is 1. The molecule has 2 atom stereocenters. The maximum absolute atomic E-state index is 12.6. The zero-order valence-electron chi connectivity index (χ0n) is 21.1. The molecule has 3 heterocycles. The van der Waals surface area contributed by atoms with E-state index in [0.717, 1.165) is 50.2 Å². The van der Waals surface area contributed by atoms with Gasteiger partial charge in [0.1, 0.15) is 11.8 Å². The molecule has 0 aromatic heterocycles. The first-order chi connectivity index (χ1) is 16.1. The Kier molecular flexibility index (Phi) is 5.87. The fraction of sp³-hybridized carbons (Fsp3) is 0.552. The first-order valence-corrected chi connectivity index (χ1v) is 12.8. The summed E-state index contributed by atoms with van der Waals surface area (Å²) in [6.07, 6.45) is 2.16. The lowest BCUT2D eigenvalue weighted by Gasteiger charge is -2.53. The summed E-state index contributed by atoms with van der Waals surface area (Å²) >= 11 is 0. The highest BCUT2D eigenvalue weighted by molar-refractivity contribution is 5.71. The van der Waals surface area contributed by atoms with Crippen molar-refractivity contribution < 1.29 is 14.6 Å². The first kappa shape index (κ1) is 23.2. The van der Waals surface area contributed by atoms with Crippen LogP contribution in [0.5, 0.6) is 5.75 Å². The molecule has 3 aliphatic heterocycles. The predicted molar refractivity (Wildman–Crippen MR) is 133 cm³/mol. The van der Waals surface area contributed by atoms with Gasteiger partial charge in [0, 0.05) is 12.6 Å². The zero-order valence-corrected chi connectivity index (χ0v) is 21.1. The van der Waals surface area contributed by atoms with Crippen molar-refractivity contribution in [1.82, 2.24) is 9.80 Å². The fourth-order valence-corrected chi connectivity index (χ4v) is 6.71. The molecule has 0 saturated carbocycles. The standard InChI is InChI=1S/C29H38N2O3/c1-18(2)34-23-7-9-24(19(3)14-23)21-6-8-25-22(15-21)16-29(4,5)27(25)31(28(32)33)26-17-30-12-10-20(26)11-13-30/h6-9,14-15,18,20,26-27H,10-13,16-17H2,1-5H3,(H,32,33)/p-1/t26-,27+/m1/s1. The van der Waals surface area contributed by atoms with E-state index in [9.17, 15) is 9.90 Å². The van der Waals surface area contributed by atoms with Crippen LogP contribution in [0.15, 0.2) is 36.4 Å². The molecule has 0 spiro atoms. The van der Waals surface area contributed by atoms with Crippen molar-refractivity contribution >= 4 is 6.09 Å². The van der Waals surface area contributed by atoms with E-state index in [1.165, 1.54) is 22.3 Å². The van der Waals surface area contributed by atoms with Crippen LogP contribution in [-0.4, -0.2) is 47.7 Å².